The van der Waals surface area contributed by atoms with Crippen molar-refractivity contribution >= 4 is 29.0 Å². The van der Waals surface area contributed by atoms with Crippen LogP contribution in [-0.2, 0) is 11.2 Å². The molecule has 9 heteroatoms. The molecule has 0 unspecified atom stereocenters. The van der Waals surface area contributed by atoms with E-state index in [0.717, 1.165) is 16.3 Å². The Morgan fingerprint density at radius 1 is 1.17 bits per heavy atom. The van der Waals surface area contributed by atoms with Crippen LogP contribution >= 0.6 is 11.3 Å². The van der Waals surface area contributed by atoms with Gasteiger partial charge in [0.25, 0.3) is 11.8 Å². The fourth-order valence-corrected chi connectivity index (χ4v) is 5.07. The first kappa shape index (κ1) is 18.8. The Hall–Kier alpha value is -3.20. The number of anilines is 1. The van der Waals surface area contributed by atoms with Crippen LogP contribution in [-0.4, -0.2) is 45.1 Å². The van der Waals surface area contributed by atoms with Crippen LogP contribution in [0.4, 0.5) is 5.82 Å². The fraction of sp³-hybridized carbons (Fsp3) is 0.333. The number of nitrogens with one attached hydrogen (secondary N) is 1. The summed E-state index contributed by atoms with van der Waals surface area (Å²) >= 11 is 1.25. The largest absolute Gasteiger partial charge is 0.338 e. The van der Waals surface area contributed by atoms with Crippen LogP contribution in [0, 0.1) is 11.8 Å². The van der Waals surface area contributed by atoms with Crippen LogP contribution in [0.5, 0.6) is 0 Å². The highest BCUT2D eigenvalue weighted by Crippen LogP contribution is 2.58. The van der Waals surface area contributed by atoms with Crippen molar-refractivity contribution in [3.05, 3.63) is 64.0 Å². The third kappa shape index (κ3) is 3.15. The molecule has 0 saturated heterocycles. The molecule has 3 heterocycles. The number of aromatic nitrogens is 4. The molecule has 1 aliphatic heterocycles. The minimum atomic E-state index is -0.639. The Bertz CT molecular complexity index is 1120. The van der Waals surface area contributed by atoms with Gasteiger partial charge in [-0.2, -0.15) is 0 Å². The van der Waals surface area contributed by atoms with Gasteiger partial charge in [0.05, 0.1) is 5.69 Å². The minimum Gasteiger partial charge on any atom is -0.338 e. The second kappa shape index (κ2) is 7.24. The molecule has 30 heavy (non-hydrogen) atoms. The van der Waals surface area contributed by atoms with Gasteiger partial charge in [0, 0.05) is 37.7 Å². The maximum Gasteiger partial charge on any atom is 0.282 e. The van der Waals surface area contributed by atoms with Crippen molar-refractivity contribution in [3.63, 3.8) is 0 Å². The monoisotopic (exact) mass is 420 g/mol. The lowest BCUT2D eigenvalue weighted by molar-refractivity contribution is -0.120. The van der Waals surface area contributed by atoms with E-state index in [1.165, 1.54) is 16.2 Å². The number of amides is 2. The molecular weight excluding hydrogens is 400 g/mol. The number of rotatable bonds is 4. The summed E-state index contributed by atoms with van der Waals surface area (Å²) in [5, 5.41) is 12.1. The molecular formula is C21H20N6O2S. The van der Waals surface area contributed by atoms with Gasteiger partial charge in [-0.15, -0.1) is 10.2 Å². The van der Waals surface area contributed by atoms with Gasteiger partial charge in [-0.05, 0) is 11.5 Å². The molecule has 5 rings (SSSR count). The van der Waals surface area contributed by atoms with E-state index < -0.39 is 6.04 Å². The van der Waals surface area contributed by atoms with E-state index in [4.69, 9.17) is 0 Å². The van der Waals surface area contributed by atoms with Crippen LogP contribution in [0.3, 0.4) is 0 Å². The van der Waals surface area contributed by atoms with Crippen molar-refractivity contribution in [2.24, 2.45) is 11.8 Å². The SMILES string of the molecule is C[C@H]1[C@H]2c3nccnc3N(C)C(=O)[C@@H](NC(=O)c3nnc(Cc4ccccc4)s3)[C@@H]12. The van der Waals surface area contributed by atoms with Gasteiger partial charge in [-0.1, -0.05) is 48.6 Å². The standard InChI is InChI=1S/C21H20N6O2S/c1-11-14-15(11)17(21(29)27(2)18-16(14)22-8-9-23-18)24-19(28)20-26-25-13(30-20)10-12-6-4-3-5-7-12/h3-9,11,14-15,17H,10H2,1-2H3,(H,24,28)/t11-,14+,15-,17-/m0/s1. The van der Waals surface area contributed by atoms with Gasteiger partial charge >= 0.3 is 0 Å². The van der Waals surface area contributed by atoms with E-state index in [9.17, 15) is 9.59 Å². The Kier molecular flexibility index (Phi) is 4.54. The van der Waals surface area contributed by atoms with Crippen molar-refractivity contribution in [3.8, 4) is 0 Å². The lowest BCUT2D eigenvalue weighted by Gasteiger charge is -2.22. The van der Waals surface area contributed by atoms with Gasteiger partial charge in [0.1, 0.15) is 11.0 Å². The number of hydrogen-bond acceptors (Lipinski definition) is 7. The number of carbonyl (C=O) groups is 2. The summed E-state index contributed by atoms with van der Waals surface area (Å²) in [5.41, 5.74) is 1.93. The first-order chi connectivity index (χ1) is 14.5. The number of likely N-dealkylation sites (N-methyl/N-ethyl adjacent to an activating group) is 1. The fourth-order valence-electron chi connectivity index (χ4n) is 4.30. The van der Waals surface area contributed by atoms with Crippen molar-refractivity contribution in [1.29, 1.82) is 0 Å². The summed E-state index contributed by atoms with van der Waals surface area (Å²) in [6, 6.07) is 9.27. The van der Waals surface area contributed by atoms with Crippen LogP contribution in [0.2, 0.25) is 0 Å². The summed E-state index contributed by atoms with van der Waals surface area (Å²) in [6.45, 7) is 2.08. The smallest absolute Gasteiger partial charge is 0.282 e. The second-order valence-corrected chi connectivity index (χ2v) is 8.80. The molecule has 0 spiro atoms. The second-order valence-electron chi connectivity index (χ2n) is 7.74. The number of fused-ring (bicyclic) bond motifs is 3. The molecule has 1 aromatic carbocycles. The van der Waals surface area contributed by atoms with E-state index in [1.807, 2.05) is 30.3 Å². The molecule has 4 atom stereocenters. The molecule has 3 aromatic rings. The van der Waals surface area contributed by atoms with Crippen molar-refractivity contribution in [1.82, 2.24) is 25.5 Å². The quantitative estimate of drug-likeness (QED) is 0.693. The van der Waals surface area contributed by atoms with Crippen molar-refractivity contribution in [2.75, 3.05) is 11.9 Å². The van der Waals surface area contributed by atoms with Gasteiger partial charge < -0.3 is 5.32 Å². The molecule has 152 valence electrons. The zero-order valence-corrected chi connectivity index (χ0v) is 17.3. The van der Waals surface area contributed by atoms with E-state index in [0.29, 0.717) is 12.2 Å². The first-order valence-corrected chi connectivity index (χ1v) is 10.6. The highest BCUT2D eigenvalue weighted by molar-refractivity contribution is 7.13. The van der Waals surface area contributed by atoms with Crippen LogP contribution in [0.25, 0.3) is 0 Å². The molecule has 2 aliphatic rings. The minimum absolute atomic E-state index is 0.00133. The van der Waals surface area contributed by atoms with Crippen LogP contribution in [0.1, 0.15) is 38.9 Å². The zero-order valence-electron chi connectivity index (χ0n) is 16.5. The summed E-state index contributed by atoms with van der Waals surface area (Å²) < 4.78 is 0. The van der Waals surface area contributed by atoms with E-state index >= 15 is 0 Å². The molecule has 1 fully saturated rings. The van der Waals surface area contributed by atoms with E-state index in [2.05, 4.69) is 32.4 Å². The first-order valence-electron chi connectivity index (χ1n) is 9.80. The van der Waals surface area contributed by atoms with E-state index in [1.54, 1.807) is 19.4 Å². The normalized spacial score (nSPS) is 24.6. The molecule has 0 bridgehead atoms. The van der Waals surface area contributed by atoms with E-state index in [-0.39, 0.29) is 34.6 Å². The molecule has 0 radical (unpaired) electrons. The number of benzene rings is 1. The summed E-state index contributed by atoms with van der Waals surface area (Å²) in [5.74, 6) is 0.361. The summed E-state index contributed by atoms with van der Waals surface area (Å²) in [7, 11) is 1.67. The van der Waals surface area contributed by atoms with Crippen LogP contribution in [0.15, 0.2) is 42.7 Å². The van der Waals surface area contributed by atoms with Crippen molar-refractivity contribution in [2.45, 2.75) is 25.3 Å². The van der Waals surface area contributed by atoms with Crippen LogP contribution < -0.4 is 10.2 Å². The number of nitrogens with zero attached hydrogens (tertiary/aromatic N) is 5. The molecule has 8 nitrogen and oxygen atoms in total. The third-order valence-electron chi connectivity index (χ3n) is 5.91. The Morgan fingerprint density at radius 3 is 2.73 bits per heavy atom. The summed E-state index contributed by atoms with van der Waals surface area (Å²) in [6.07, 6.45) is 3.85. The third-order valence-corrected chi connectivity index (χ3v) is 6.84. The molecule has 1 N–H and O–H groups in total. The Morgan fingerprint density at radius 2 is 1.93 bits per heavy atom. The number of hydrogen-bond donors (Lipinski definition) is 1. The molecule has 1 saturated carbocycles. The highest BCUT2D eigenvalue weighted by atomic mass is 32.1. The molecule has 2 amide bonds. The molecule has 2 aromatic heterocycles. The average molecular weight is 420 g/mol. The lowest BCUT2D eigenvalue weighted by Crippen LogP contribution is -2.49. The van der Waals surface area contributed by atoms with Gasteiger partial charge in [0.15, 0.2) is 5.82 Å². The summed E-state index contributed by atoms with van der Waals surface area (Å²) in [4.78, 5) is 36.3. The van der Waals surface area contributed by atoms with Gasteiger partial charge in [-0.3, -0.25) is 19.5 Å². The maximum absolute atomic E-state index is 13.1. The lowest BCUT2D eigenvalue weighted by atomic mass is 10.1. The van der Waals surface area contributed by atoms with Gasteiger partial charge in [0.2, 0.25) is 5.01 Å². The highest BCUT2D eigenvalue weighted by Gasteiger charge is 2.59. The van der Waals surface area contributed by atoms with Gasteiger partial charge in [-0.25, -0.2) is 4.98 Å². The maximum atomic E-state index is 13.1. The predicted molar refractivity (Wildman–Crippen MR) is 111 cm³/mol. The molecule has 1 aliphatic carbocycles. The Balaban J connectivity index is 1.35. The topological polar surface area (TPSA) is 101 Å². The average Bonchev–Trinajstić information content (AvgIpc) is 3.21. The zero-order chi connectivity index (χ0) is 20.8. The number of carbonyl (C=O) groups excluding carboxylic acids is 2. The van der Waals surface area contributed by atoms with Crippen molar-refractivity contribution < 1.29 is 9.59 Å². The Labute approximate surface area is 177 Å². The predicted octanol–water partition coefficient (Wildman–Crippen LogP) is 2.04.